The minimum absolute atomic E-state index is 0. The number of halogens is 1. The van der Waals surface area contributed by atoms with Crippen molar-refractivity contribution in [3.05, 3.63) is 41.5 Å². The van der Waals surface area contributed by atoms with E-state index in [2.05, 4.69) is 44.9 Å². The van der Waals surface area contributed by atoms with Crippen LogP contribution in [0.2, 0.25) is 0 Å². The van der Waals surface area contributed by atoms with E-state index < -0.39 is 0 Å². The first-order valence-electron chi connectivity index (χ1n) is 10.5. The van der Waals surface area contributed by atoms with Crippen molar-refractivity contribution in [1.82, 2.24) is 30.7 Å². The van der Waals surface area contributed by atoms with E-state index in [9.17, 15) is 9.90 Å². The zero-order valence-electron chi connectivity index (χ0n) is 18.3. The zero-order valence-corrected chi connectivity index (χ0v) is 20.6. The van der Waals surface area contributed by atoms with E-state index in [1.165, 1.54) is 12.1 Å². The number of carbonyl (C=O) groups is 1. The molecule has 9 nitrogen and oxygen atoms in total. The molecule has 31 heavy (non-hydrogen) atoms. The molecule has 170 valence electrons. The van der Waals surface area contributed by atoms with Gasteiger partial charge in [0.1, 0.15) is 11.6 Å². The van der Waals surface area contributed by atoms with Crippen LogP contribution in [0.25, 0.3) is 0 Å². The quantitative estimate of drug-likeness (QED) is 0.185. The minimum atomic E-state index is -0.185. The molecule has 1 unspecified atom stereocenters. The van der Waals surface area contributed by atoms with Crippen molar-refractivity contribution in [2.24, 2.45) is 4.99 Å². The molecular weight excluding hydrogens is 509 g/mol. The number of aliphatic imine (C=N–C) groups is 1. The summed E-state index contributed by atoms with van der Waals surface area (Å²) >= 11 is 0. The molecule has 1 atom stereocenters. The topological polar surface area (TPSA) is 116 Å². The number of fused-ring (bicyclic) bond motifs is 1. The maximum atomic E-state index is 12.1. The lowest BCUT2D eigenvalue weighted by Crippen LogP contribution is -2.47. The van der Waals surface area contributed by atoms with Crippen LogP contribution in [0, 0.1) is 0 Å². The van der Waals surface area contributed by atoms with Crippen LogP contribution in [-0.4, -0.2) is 57.4 Å². The zero-order chi connectivity index (χ0) is 21.5. The molecule has 1 amide bonds. The van der Waals surface area contributed by atoms with Crippen LogP contribution < -0.4 is 16.0 Å². The molecule has 0 radical (unpaired) electrons. The second-order valence-electron chi connectivity index (χ2n) is 7.67. The number of guanidine groups is 1. The molecule has 3 rings (SSSR count). The smallest absolute Gasteiger partial charge is 0.251 e. The summed E-state index contributed by atoms with van der Waals surface area (Å²) in [5.74, 6) is 2.96. The maximum Gasteiger partial charge on any atom is 0.251 e. The molecule has 10 heteroatoms. The van der Waals surface area contributed by atoms with Crippen molar-refractivity contribution < 1.29 is 9.90 Å². The summed E-state index contributed by atoms with van der Waals surface area (Å²) in [5, 5.41) is 23.5. The highest BCUT2D eigenvalue weighted by molar-refractivity contribution is 14.0. The molecule has 0 saturated carbocycles. The predicted molar refractivity (Wildman–Crippen MR) is 131 cm³/mol. The summed E-state index contributed by atoms with van der Waals surface area (Å²) in [7, 11) is 0. The fraction of sp³-hybridized carbons (Fsp3) is 0.524. The summed E-state index contributed by atoms with van der Waals surface area (Å²) < 4.78 is 2.00. The number of phenols is 1. The number of benzene rings is 1. The molecule has 0 aliphatic carbocycles. The Labute approximate surface area is 200 Å². The number of aromatic hydroxyl groups is 1. The average Bonchev–Trinajstić information content (AvgIpc) is 3.15. The second kappa shape index (κ2) is 11.9. The van der Waals surface area contributed by atoms with Crippen LogP contribution in [0.5, 0.6) is 5.75 Å². The van der Waals surface area contributed by atoms with Gasteiger partial charge < -0.3 is 21.1 Å². The fourth-order valence-electron chi connectivity index (χ4n) is 3.26. The Morgan fingerprint density at radius 2 is 2.03 bits per heavy atom. The molecule has 0 saturated heterocycles. The molecule has 2 aromatic rings. The van der Waals surface area contributed by atoms with E-state index in [4.69, 9.17) is 0 Å². The number of aryl methyl sites for hydroxylation is 1. The highest BCUT2D eigenvalue weighted by atomic mass is 127. The SMILES string of the molecule is CCNC(=NCCNC(=O)c1ccc(O)cc1)NC1CCc2nc(C(C)C)nn2C1.I. The molecule has 1 aliphatic heterocycles. The Hall–Kier alpha value is -2.37. The molecule has 0 bridgehead atoms. The summed E-state index contributed by atoms with van der Waals surface area (Å²) in [6.45, 7) is 8.63. The highest BCUT2D eigenvalue weighted by Crippen LogP contribution is 2.17. The lowest BCUT2D eigenvalue weighted by molar-refractivity contribution is 0.0955. The number of hydrogen-bond acceptors (Lipinski definition) is 5. The van der Waals surface area contributed by atoms with Crippen molar-refractivity contribution in [3.63, 3.8) is 0 Å². The van der Waals surface area contributed by atoms with Crippen molar-refractivity contribution >= 4 is 35.8 Å². The van der Waals surface area contributed by atoms with Crippen molar-refractivity contribution in [2.45, 2.75) is 52.1 Å². The first kappa shape index (κ1) is 24.9. The van der Waals surface area contributed by atoms with E-state index >= 15 is 0 Å². The Morgan fingerprint density at radius 3 is 2.71 bits per heavy atom. The van der Waals surface area contributed by atoms with Gasteiger partial charge in [-0.25, -0.2) is 9.67 Å². The van der Waals surface area contributed by atoms with E-state index in [0.29, 0.717) is 24.6 Å². The summed E-state index contributed by atoms with van der Waals surface area (Å²) in [6.07, 6.45) is 1.86. The Bertz CT molecular complexity index is 880. The molecule has 1 aromatic heterocycles. The Balaban J connectivity index is 0.00000341. The van der Waals surface area contributed by atoms with Gasteiger partial charge >= 0.3 is 0 Å². The second-order valence-corrected chi connectivity index (χ2v) is 7.67. The number of rotatable bonds is 7. The van der Waals surface area contributed by atoms with Crippen LogP contribution in [0.15, 0.2) is 29.3 Å². The number of phenolic OH excluding ortho intramolecular Hbond substituents is 1. The lowest BCUT2D eigenvalue weighted by Gasteiger charge is -2.25. The van der Waals surface area contributed by atoms with Crippen LogP contribution in [-0.2, 0) is 13.0 Å². The van der Waals surface area contributed by atoms with Crippen molar-refractivity contribution in [3.8, 4) is 5.75 Å². The highest BCUT2D eigenvalue weighted by Gasteiger charge is 2.23. The van der Waals surface area contributed by atoms with E-state index in [0.717, 1.165) is 43.5 Å². The average molecular weight is 541 g/mol. The third kappa shape index (κ3) is 7.08. The molecular formula is C21H32IN7O2. The van der Waals surface area contributed by atoms with Gasteiger partial charge in [-0.1, -0.05) is 13.8 Å². The van der Waals surface area contributed by atoms with Gasteiger partial charge in [0.2, 0.25) is 0 Å². The van der Waals surface area contributed by atoms with Gasteiger partial charge in [-0.15, -0.1) is 24.0 Å². The molecule has 0 spiro atoms. The fourth-order valence-corrected chi connectivity index (χ4v) is 3.26. The Morgan fingerprint density at radius 1 is 1.29 bits per heavy atom. The molecule has 2 heterocycles. The van der Waals surface area contributed by atoms with Crippen molar-refractivity contribution in [2.75, 3.05) is 19.6 Å². The van der Waals surface area contributed by atoms with Gasteiger partial charge in [0.05, 0.1) is 13.1 Å². The van der Waals surface area contributed by atoms with Gasteiger partial charge in [-0.3, -0.25) is 9.79 Å². The minimum Gasteiger partial charge on any atom is -0.508 e. The number of aromatic nitrogens is 3. The first-order valence-corrected chi connectivity index (χ1v) is 10.5. The number of carbonyl (C=O) groups excluding carboxylic acids is 1. The van der Waals surface area contributed by atoms with Gasteiger partial charge in [0, 0.05) is 37.0 Å². The van der Waals surface area contributed by atoms with E-state index in [1.807, 2.05) is 11.6 Å². The van der Waals surface area contributed by atoms with Gasteiger partial charge in [-0.05, 0) is 37.6 Å². The number of nitrogens with one attached hydrogen (secondary N) is 3. The van der Waals surface area contributed by atoms with Crippen molar-refractivity contribution in [1.29, 1.82) is 0 Å². The largest absolute Gasteiger partial charge is 0.508 e. The van der Waals surface area contributed by atoms with E-state index in [1.54, 1.807) is 12.1 Å². The van der Waals surface area contributed by atoms with Crippen LogP contribution in [0.1, 0.15) is 55.1 Å². The molecule has 1 aliphatic rings. The third-order valence-corrected chi connectivity index (χ3v) is 4.87. The number of amides is 1. The summed E-state index contributed by atoms with van der Waals surface area (Å²) in [4.78, 5) is 21.3. The van der Waals surface area contributed by atoms with Gasteiger partial charge in [0.25, 0.3) is 5.91 Å². The number of nitrogens with zero attached hydrogens (tertiary/aromatic N) is 4. The molecule has 1 aromatic carbocycles. The van der Waals surface area contributed by atoms with E-state index in [-0.39, 0.29) is 41.7 Å². The molecule has 4 N–H and O–H groups in total. The van der Waals surface area contributed by atoms with Gasteiger partial charge in [-0.2, -0.15) is 5.10 Å². The first-order chi connectivity index (χ1) is 14.5. The maximum absolute atomic E-state index is 12.1. The Kier molecular flexibility index (Phi) is 9.53. The van der Waals surface area contributed by atoms with Crippen LogP contribution in [0.4, 0.5) is 0 Å². The number of hydrogen-bond donors (Lipinski definition) is 4. The predicted octanol–water partition coefficient (Wildman–Crippen LogP) is 2.02. The molecule has 0 fully saturated rings. The van der Waals surface area contributed by atoms with Gasteiger partial charge in [0.15, 0.2) is 11.8 Å². The normalized spacial score (nSPS) is 15.7. The summed E-state index contributed by atoms with van der Waals surface area (Å²) in [5.41, 5.74) is 0.508. The lowest BCUT2D eigenvalue weighted by atomic mass is 10.1. The monoisotopic (exact) mass is 541 g/mol. The third-order valence-electron chi connectivity index (χ3n) is 4.87. The standard InChI is InChI=1S/C21H31N7O2.HI/c1-4-22-21(24-12-11-23-20(30)15-5-8-17(29)9-6-15)25-16-7-10-18-26-19(14(2)3)27-28(18)13-16;/h5-6,8-9,14,16,29H,4,7,10-13H2,1-3H3,(H,23,30)(H2,22,24,25);1H. The summed E-state index contributed by atoms with van der Waals surface area (Å²) in [6, 6.07) is 6.39. The van der Waals surface area contributed by atoms with Crippen LogP contribution in [0.3, 0.4) is 0 Å². The van der Waals surface area contributed by atoms with Crippen LogP contribution >= 0.6 is 24.0 Å².